The standard InChI is InChI=1S/C15H14N4O2S/c1-3-10-7-11-14(22-10)16-8-19(15(11)21)18-13(20)12-6-4-5-9(2)17-12/h4-8H,3H2,1-2H3,(H,18,20). The van der Waals surface area contributed by atoms with E-state index in [4.69, 9.17) is 0 Å². The molecule has 1 amide bonds. The van der Waals surface area contributed by atoms with E-state index in [0.717, 1.165) is 21.7 Å². The second-order valence-electron chi connectivity index (χ2n) is 4.81. The van der Waals surface area contributed by atoms with Gasteiger partial charge in [0.05, 0.1) is 5.39 Å². The molecule has 1 N–H and O–H groups in total. The van der Waals surface area contributed by atoms with Crippen LogP contribution < -0.4 is 11.0 Å². The van der Waals surface area contributed by atoms with Crippen LogP contribution in [0.2, 0.25) is 0 Å². The fraction of sp³-hybridized carbons (Fsp3) is 0.200. The van der Waals surface area contributed by atoms with Gasteiger partial charge >= 0.3 is 0 Å². The van der Waals surface area contributed by atoms with E-state index in [2.05, 4.69) is 15.4 Å². The van der Waals surface area contributed by atoms with Crippen LogP contribution in [0.25, 0.3) is 10.2 Å². The Morgan fingerprint density at radius 1 is 1.41 bits per heavy atom. The molecule has 0 saturated heterocycles. The van der Waals surface area contributed by atoms with Crippen molar-refractivity contribution in [3.63, 3.8) is 0 Å². The lowest BCUT2D eigenvalue weighted by Crippen LogP contribution is -2.33. The third kappa shape index (κ3) is 2.62. The molecule has 3 rings (SSSR count). The van der Waals surface area contributed by atoms with E-state index in [0.29, 0.717) is 10.2 Å². The lowest BCUT2D eigenvalue weighted by Gasteiger charge is -2.07. The van der Waals surface area contributed by atoms with E-state index in [1.165, 1.54) is 17.7 Å². The summed E-state index contributed by atoms with van der Waals surface area (Å²) in [5.74, 6) is -0.446. The van der Waals surface area contributed by atoms with Gasteiger partial charge in [0, 0.05) is 10.6 Å². The van der Waals surface area contributed by atoms with Crippen molar-refractivity contribution < 1.29 is 4.79 Å². The van der Waals surface area contributed by atoms with Gasteiger partial charge in [-0.2, -0.15) is 0 Å². The number of fused-ring (bicyclic) bond motifs is 1. The van der Waals surface area contributed by atoms with Gasteiger partial charge in [0.25, 0.3) is 11.5 Å². The van der Waals surface area contributed by atoms with Crippen LogP contribution in [0.4, 0.5) is 0 Å². The Morgan fingerprint density at radius 2 is 2.23 bits per heavy atom. The van der Waals surface area contributed by atoms with E-state index < -0.39 is 5.91 Å². The second kappa shape index (κ2) is 5.69. The summed E-state index contributed by atoms with van der Waals surface area (Å²) in [6.45, 7) is 3.82. The van der Waals surface area contributed by atoms with E-state index in [1.54, 1.807) is 25.1 Å². The monoisotopic (exact) mass is 314 g/mol. The lowest BCUT2D eigenvalue weighted by molar-refractivity contribution is 0.100. The average Bonchev–Trinajstić information content (AvgIpc) is 2.94. The molecule has 3 heterocycles. The highest BCUT2D eigenvalue weighted by Crippen LogP contribution is 2.20. The number of nitrogens with one attached hydrogen (secondary N) is 1. The highest BCUT2D eigenvalue weighted by atomic mass is 32.1. The fourth-order valence-electron chi connectivity index (χ4n) is 2.06. The molecule has 112 valence electrons. The molecule has 0 aliphatic carbocycles. The van der Waals surface area contributed by atoms with Crippen LogP contribution >= 0.6 is 11.3 Å². The minimum Gasteiger partial charge on any atom is -0.267 e. The van der Waals surface area contributed by atoms with Gasteiger partial charge < -0.3 is 0 Å². The molecule has 0 aliphatic heterocycles. The molecule has 7 heteroatoms. The maximum atomic E-state index is 12.4. The van der Waals surface area contributed by atoms with Crippen molar-refractivity contribution in [3.8, 4) is 0 Å². The Morgan fingerprint density at radius 3 is 2.95 bits per heavy atom. The molecular formula is C15H14N4O2S. The highest BCUT2D eigenvalue weighted by Gasteiger charge is 2.12. The van der Waals surface area contributed by atoms with Gasteiger partial charge in [-0.05, 0) is 31.5 Å². The van der Waals surface area contributed by atoms with Crippen molar-refractivity contribution in [1.29, 1.82) is 0 Å². The first kappa shape index (κ1) is 14.4. The molecule has 0 saturated carbocycles. The van der Waals surface area contributed by atoms with Gasteiger partial charge in [-0.3, -0.25) is 15.0 Å². The summed E-state index contributed by atoms with van der Waals surface area (Å²) in [6, 6.07) is 6.96. The van der Waals surface area contributed by atoms with Gasteiger partial charge in [-0.15, -0.1) is 11.3 Å². The van der Waals surface area contributed by atoms with E-state index >= 15 is 0 Å². The van der Waals surface area contributed by atoms with Crippen LogP contribution in [0.5, 0.6) is 0 Å². The van der Waals surface area contributed by atoms with Crippen LogP contribution in [0, 0.1) is 6.92 Å². The SMILES string of the molecule is CCc1cc2c(=O)n(NC(=O)c3cccc(C)n3)cnc2s1. The molecule has 0 aliphatic rings. The molecule has 0 aromatic carbocycles. The molecule has 0 fully saturated rings. The molecule has 3 aromatic rings. The fourth-order valence-corrected chi connectivity index (χ4v) is 2.99. The Balaban J connectivity index is 1.95. The van der Waals surface area contributed by atoms with Gasteiger partial charge in [-0.25, -0.2) is 14.6 Å². The van der Waals surface area contributed by atoms with Crippen molar-refractivity contribution in [2.24, 2.45) is 0 Å². The van der Waals surface area contributed by atoms with Gasteiger partial charge in [0.2, 0.25) is 0 Å². The summed E-state index contributed by atoms with van der Waals surface area (Å²) in [5, 5.41) is 0.516. The number of hydrogen-bond donors (Lipinski definition) is 1. The zero-order chi connectivity index (χ0) is 15.7. The van der Waals surface area contributed by atoms with Crippen molar-refractivity contribution >= 4 is 27.5 Å². The summed E-state index contributed by atoms with van der Waals surface area (Å²) >= 11 is 1.49. The zero-order valence-corrected chi connectivity index (χ0v) is 13.0. The molecule has 3 aromatic heterocycles. The quantitative estimate of drug-likeness (QED) is 0.803. The Labute approximate surface area is 130 Å². The van der Waals surface area contributed by atoms with Crippen LogP contribution in [0.15, 0.2) is 35.4 Å². The summed E-state index contributed by atoms with van der Waals surface area (Å²) in [7, 11) is 0. The zero-order valence-electron chi connectivity index (χ0n) is 12.2. The maximum absolute atomic E-state index is 12.4. The molecule has 0 radical (unpaired) electrons. The second-order valence-corrected chi connectivity index (χ2v) is 5.93. The summed E-state index contributed by atoms with van der Waals surface area (Å²) < 4.78 is 1.10. The lowest BCUT2D eigenvalue weighted by atomic mass is 10.3. The largest absolute Gasteiger partial charge is 0.288 e. The van der Waals surface area contributed by atoms with Crippen LogP contribution in [-0.2, 0) is 6.42 Å². The molecule has 0 unspecified atom stereocenters. The normalized spacial score (nSPS) is 10.8. The number of hydrogen-bond acceptors (Lipinski definition) is 5. The third-order valence-electron chi connectivity index (χ3n) is 3.19. The Kier molecular flexibility index (Phi) is 3.72. The topological polar surface area (TPSA) is 76.9 Å². The number of thiophene rings is 1. The van der Waals surface area contributed by atoms with E-state index in [-0.39, 0.29) is 11.3 Å². The average molecular weight is 314 g/mol. The number of nitrogens with zero attached hydrogens (tertiary/aromatic N) is 3. The van der Waals surface area contributed by atoms with Crippen molar-refractivity contribution in [1.82, 2.24) is 14.6 Å². The summed E-state index contributed by atoms with van der Waals surface area (Å²) in [4.78, 5) is 34.7. The van der Waals surface area contributed by atoms with Crippen LogP contribution in [0.3, 0.4) is 0 Å². The molecule has 0 atom stereocenters. The predicted molar refractivity (Wildman–Crippen MR) is 85.9 cm³/mol. The first-order valence-corrected chi connectivity index (χ1v) is 7.65. The smallest absolute Gasteiger partial charge is 0.267 e. The summed E-state index contributed by atoms with van der Waals surface area (Å²) in [6.07, 6.45) is 2.17. The van der Waals surface area contributed by atoms with Gasteiger partial charge in [0.1, 0.15) is 16.9 Å². The number of aryl methyl sites for hydroxylation is 2. The van der Waals surface area contributed by atoms with Crippen LogP contribution in [0.1, 0.15) is 28.0 Å². The molecular weight excluding hydrogens is 300 g/mol. The third-order valence-corrected chi connectivity index (χ3v) is 4.38. The van der Waals surface area contributed by atoms with Crippen molar-refractivity contribution in [3.05, 3.63) is 57.2 Å². The van der Waals surface area contributed by atoms with E-state index in [9.17, 15) is 9.59 Å². The maximum Gasteiger partial charge on any atom is 0.288 e. The Bertz CT molecular complexity index is 913. The predicted octanol–water partition coefficient (Wildman–Crippen LogP) is 2.11. The highest BCUT2D eigenvalue weighted by molar-refractivity contribution is 7.18. The minimum atomic E-state index is -0.446. The summed E-state index contributed by atoms with van der Waals surface area (Å²) in [5.41, 5.74) is 3.22. The number of pyridine rings is 1. The molecule has 6 nitrogen and oxygen atoms in total. The molecule has 0 bridgehead atoms. The van der Waals surface area contributed by atoms with E-state index in [1.807, 2.05) is 13.0 Å². The molecule has 22 heavy (non-hydrogen) atoms. The molecule has 0 spiro atoms. The number of carbonyl (C=O) groups excluding carboxylic acids is 1. The van der Waals surface area contributed by atoms with Crippen LogP contribution in [-0.4, -0.2) is 20.6 Å². The minimum absolute atomic E-state index is 0.256. The Hall–Kier alpha value is -2.54. The van der Waals surface area contributed by atoms with Crippen molar-refractivity contribution in [2.45, 2.75) is 20.3 Å². The number of carbonyl (C=O) groups is 1. The van der Waals surface area contributed by atoms with Gasteiger partial charge in [-0.1, -0.05) is 13.0 Å². The number of aromatic nitrogens is 3. The van der Waals surface area contributed by atoms with Gasteiger partial charge in [0.15, 0.2) is 0 Å². The first-order chi connectivity index (χ1) is 10.6. The first-order valence-electron chi connectivity index (χ1n) is 6.83. The van der Waals surface area contributed by atoms with Crippen molar-refractivity contribution in [2.75, 3.05) is 5.43 Å². The number of rotatable bonds is 3. The number of amides is 1.